The van der Waals surface area contributed by atoms with E-state index in [1.54, 1.807) is 19.2 Å². The molecule has 3 aromatic rings. The summed E-state index contributed by atoms with van der Waals surface area (Å²) in [4.78, 5) is 8.54. The quantitative estimate of drug-likeness (QED) is 0.721. The molecule has 0 saturated heterocycles. The molecule has 0 radical (unpaired) electrons. The van der Waals surface area contributed by atoms with E-state index >= 15 is 0 Å². The molecule has 1 aromatic heterocycles. The third-order valence-electron chi connectivity index (χ3n) is 3.85. The van der Waals surface area contributed by atoms with Crippen molar-refractivity contribution in [3.8, 4) is 22.8 Å². The molecule has 0 aliphatic rings. The first kappa shape index (κ1) is 16.7. The van der Waals surface area contributed by atoms with E-state index in [1.807, 2.05) is 24.3 Å². The minimum Gasteiger partial charge on any atom is -0.495 e. The Morgan fingerprint density at radius 3 is 2.60 bits per heavy atom. The first-order chi connectivity index (χ1) is 12.1. The molecule has 0 atom stereocenters. The maximum absolute atomic E-state index is 13.9. The van der Waals surface area contributed by atoms with Gasteiger partial charge in [0.25, 0.3) is 0 Å². The molecular weight excluding hydrogens is 321 g/mol. The summed E-state index contributed by atoms with van der Waals surface area (Å²) in [5.41, 5.74) is 9.49. The molecule has 0 amide bonds. The van der Waals surface area contributed by atoms with Gasteiger partial charge in [-0.2, -0.15) is 0 Å². The summed E-state index contributed by atoms with van der Waals surface area (Å²) >= 11 is 0. The Morgan fingerprint density at radius 2 is 1.88 bits per heavy atom. The van der Waals surface area contributed by atoms with Crippen LogP contribution >= 0.6 is 0 Å². The average molecular weight is 339 g/mol. The molecule has 3 rings (SSSR count). The predicted octanol–water partition coefficient (Wildman–Crippen LogP) is 3.47. The third kappa shape index (κ3) is 3.52. The fraction of sp³-hybridized carbons (Fsp3) is 0.158. The highest BCUT2D eigenvalue weighted by Gasteiger charge is 2.13. The van der Waals surface area contributed by atoms with Crippen molar-refractivity contribution in [2.75, 3.05) is 20.0 Å². The third-order valence-corrected chi connectivity index (χ3v) is 3.85. The molecule has 0 spiro atoms. The Kier molecular flexibility index (Phi) is 4.79. The highest BCUT2D eigenvalue weighted by atomic mass is 19.1. The molecule has 0 fully saturated rings. The molecule has 2 aromatic carbocycles. The minimum absolute atomic E-state index is 0.167. The largest absolute Gasteiger partial charge is 0.495 e. The predicted molar refractivity (Wildman–Crippen MR) is 94.2 cm³/mol. The molecular formula is C19H18FN3O2. The Balaban J connectivity index is 1.92. The van der Waals surface area contributed by atoms with Gasteiger partial charge in [-0.1, -0.05) is 12.1 Å². The van der Waals surface area contributed by atoms with Crippen molar-refractivity contribution in [1.82, 2.24) is 9.97 Å². The number of nitrogen functional groups attached to an aromatic ring is 1. The van der Waals surface area contributed by atoms with Gasteiger partial charge in [0.15, 0.2) is 11.6 Å². The number of methoxy groups -OCH3 is 2. The van der Waals surface area contributed by atoms with E-state index < -0.39 is 5.82 Å². The zero-order valence-electron chi connectivity index (χ0n) is 14.0. The van der Waals surface area contributed by atoms with Gasteiger partial charge in [-0.05, 0) is 35.9 Å². The molecule has 128 valence electrons. The van der Waals surface area contributed by atoms with Crippen LogP contribution in [0, 0.1) is 5.82 Å². The summed E-state index contributed by atoms with van der Waals surface area (Å²) in [5.74, 6) is 0.376. The second-order valence-corrected chi connectivity index (χ2v) is 5.47. The maximum Gasteiger partial charge on any atom is 0.165 e. The number of halogens is 1. The standard InChI is InChI=1S/C19H18FN3O2/c1-24-18-7-6-12(9-16(18)21)8-13-10-17(23-11-22-13)14-4-3-5-15(20)19(14)25-2/h3-7,9-11H,8,21H2,1-2H3. The number of hydrogen-bond donors (Lipinski definition) is 1. The van der Waals surface area contributed by atoms with Crippen molar-refractivity contribution in [1.29, 1.82) is 0 Å². The van der Waals surface area contributed by atoms with Crippen LogP contribution in [-0.2, 0) is 6.42 Å². The van der Waals surface area contributed by atoms with E-state index in [1.165, 1.54) is 19.5 Å². The number of para-hydroxylation sites is 1. The van der Waals surface area contributed by atoms with E-state index in [0.717, 1.165) is 11.3 Å². The van der Waals surface area contributed by atoms with Crippen LogP contribution in [0.1, 0.15) is 11.3 Å². The van der Waals surface area contributed by atoms with Gasteiger partial charge in [0.05, 0.1) is 25.6 Å². The van der Waals surface area contributed by atoms with Crippen molar-refractivity contribution in [2.24, 2.45) is 0 Å². The van der Waals surface area contributed by atoms with Crippen LogP contribution < -0.4 is 15.2 Å². The summed E-state index contributed by atoms with van der Waals surface area (Å²) in [6.07, 6.45) is 2.03. The highest BCUT2D eigenvalue weighted by Crippen LogP contribution is 2.31. The summed E-state index contributed by atoms with van der Waals surface area (Å²) in [7, 11) is 3.01. The lowest BCUT2D eigenvalue weighted by Crippen LogP contribution is -1.99. The van der Waals surface area contributed by atoms with Crippen LogP contribution in [0.15, 0.2) is 48.8 Å². The smallest absolute Gasteiger partial charge is 0.165 e. The number of aromatic nitrogens is 2. The number of nitrogens with zero attached hydrogens (tertiary/aromatic N) is 2. The van der Waals surface area contributed by atoms with Crippen LogP contribution in [0.4, 0.5) is 10.1 Å². The number of nitrogens with two attached hydrogens (primary N) is 1. The molecule has 5 nitrogen and oxygen atoms in total. The first-order valence-electron chi connectivity index (χ1n) is 7.68. The zero-order chi connectivity index (χ0) is 17.8. The fourth-order valence-electron chi connectivity index (χ4n) is 2.66. The molecule has 2 N–H and O–H groups in total. The summed E-state index contributed by atoms with van der Waals surface area (Å²) in [5, 5.41) is 0. The molecule has 0 unspecified atom stereocenters. The van der Waals surface area contributed by atoms with E-state index in [0.29, 0.717) is 29.1 Å². The SMILES string of the molecule is COc1ccc(Cc2cc(-c3cccc(F)c3OC)ncn2)cc1N. The van der Waals surface area contributed by atoms with Gasteiger partial charge < -0.3 is 15.2 Å². The normalized spacial score (nSPS) is 10.5. The lowest BCUT2D eigenvalue weighted by molar-refractivity contribution is 0.388. The maximum atomic E-state index is 13.9. The first-order valence-corrected chi connectivity index (χ1v) is 7.68. The summed E-state index contributed by atoms with van der Waals surface area (Å²) < 4.78 is 24.2. The van der Waals surface area contributed by atoms with Gasteiger partial charge in [0.1, 0.15) is 12.1 Å². The van der Waals surface area contributed by atoms with Crippen LogP contribution in [0.2, 0.25) is 0 Å². The van der Waals surface area contributed by atoms with Gasteiger partial charge in [-0.15, -0.1) is 0 Å². The number of anilines is 1. The van der Waals surface area contributed by atoms with Gasteiger partial charge in [0.2, 0.25) is 0 Å². The lowest BCUT2D eigenvalue weighted by atomic mass is 10.1. The van der Waals surface area contributed by atoms with Crippen LogP contribution in [0.25, 0.3) is 11.3 Å². The number of hydrogen-bond acceptors (Lipinski definition) is 5. The van der Waals surface area contributed by atoms with Gasteiger partial charge >= 0.3 is 0 Å². The van der Waals surface area contributed by atoms with Crippen molar-refractivity contribution in [3.05, 3.63) is 65.9 Å². The van der Waals surface area contributed by atoms with E-state index in [2.05, 4.69) is 9.97 Å². The molecule has 1 heterocycles. The Bertz CT molecular complexity index is 900. The second kappa shape index (κ2) is 7.17. The zero-order valence-corrected chi connectivity index (χ0v) is 14.0. The van der Waals surface area contributed by atoms with Crippen LogP contribution in [0.3, 0.4) is 0 Å². The van der Waals surface area contributed by atoms with E-state index in [-0.39, 0.29) is 5.75 Å². The van der Waals surface area contributed by atoms with Crippen molar-refractivity contribution >= 4 is 5.69 Å². The molecule has 0 aliphatic carbocycles. The lowest BCUT2D eigenvalue weighted by Gasteiger charge is -2.10. The molecule has 0 saturated carbocycles. The molecule has 0 aliphatic heterocycles. The number of rotatable bonds is 5. The Hall–Kier alpha value is -3.15. The van der Waals surface area contributed by atoms with Crippen molar-refractivity contribution in [3.63, 3.8) is 0 Å². The second-order valence-electron chi connectivity index (χ2n) is 5.47. The van der Waals surface area contributed by atoms with Crippen molar-refractivity contribution < 1.29 is 13.9 Å². The van der Waals surface area contributed by atoms with Gasteiger partial charge in [-0.3, -0.25) is 0 Å². The number of benzene rings is 2. The van der Waals surface area contributed by atoms with Gasteiger partial charge in [-0.25, -0.2) is 14.4 Å². The summed E-state index contributed by atoms with van der Waals surface area (Å²) in [6, 6.07) is 12.2. The van der Waals surface area contributed by atoms with Crippen molar-refractivity contribution in [2.45, 2.75) is 6.42 Å². The highest BCUT2D eigenvalue weighted by molar-refractivity contribution is 5.67. The number of ether oxygens (including phenoxy) is 2. The average Bonchev–Trinajstić information content (AvgIpc) is 2.62. The Morgan fingerprint density at radius 1 is 1.04 bits per heavy atom. The van der Waals surface area contributed by atoms with Crippen LogP contribution in [0.5, 0.6) is 11.5 Å². The molecule has 25 heavy (non-hydrogen) atoms. The van der Waals surface area contributed by atoms with Gasteiger partial charge in [0, 0.05) is 17.7 Å². The molecule has 0 bridgehead atoms. The van der Waals surface area contributed by atoms with E-state index in [9.17, 15) is 4.39 Å². The fourth-order valence-corrected chi connectivity index (χ4v) is 2.66. The monoisotopic (exact) mass is 339 g/mol. The molecule has 6 heteroatoms. The Labute approximate surface area is 145 Å². The van der Waals surface area contributed by atoms with Crippen LogP contribution in [-0.4, -0.2) is 24.2 Å². The topological polar surface area (TPSA) is 70.3 Å². The summed E-state index contributed by atoms with van der Waals surface area (Å²) in [6.45, 7) is 0. The minimum atomic E-state index is -0.428. The van der Waals surface area contributed by atoms with E-state index in [4.69, 9.17) is 15.2 Å².